The van der Waals surface area contributed by atoms with Crippen LogP contribution >= 0.6 is 15.9 Å². The maximum absolute atomic E-state index is 13.7. The first-order valence-corrected chi connectivity index (χ1v) is 8.59. The molecule has 8 heteroatoms. The molecule has 0 amide bonds. The summed E-state index contributed by atoms with van der Waals surface area (Å²) in [6.07, 6.45) is -5.36. The third-order valence-corrected chi connectivity index (χ3v) is 4.19. The van der Waals surface area contributed by atoms with Crippen LogP contribution in [0, 0.1) is 0 Å². The zero-order valence-electron chi connectivity index (χ0n) is 14.3. The Kier molecular flexibility index (Phi) is 5.83. The van der Waals surface area contributed by atoms with Gasteiger partial charge in [0.25, 0.3) is 0 Å². The lowest BCUT2D eigenvalue weighted by Gasteiger charge is -2.22. The molecule has 0 saturated heterocycles. The SMILES string of the molecule is CC(C)Oc1cc(C(F)(F)F)c2c(O[C@@H](C)[C@@H](C)N)c(Br)ccc2n1. The first-order valence-electron chi connectivity index (χ1n) is 7.80. The van der Waals surface area contributed by atoms with Crippen LogP contribution in [0.15, 0.2) is 22.7 Å². The van der Waals surface area contributed by atoms with Gasteiger partial charge in [-0.25, -0.2) is 4.98 Å². The fraction of sp³-hybridized carbons (Fsp3) is 0.471. The Morgan fingerprint density at radius 1 is 1.12 bits per heavy atom. The summed E-state index contributed by atoms with van der Waals surface area (Å²) < 4.78 is 52.5. The Balaban J connectivity index is 2.74. The van der Waals surface area contributed by atoms with Crippen molar-refractivity contribution in [1.29, 1.82) is 0 Å². The smallest absolute Gasteiger partial charge is 0.417 e. The summed E-state index contributed by atoms with van der Waals surface area (Å²) in [6.45, 7) is 6.87. The minimum atomic E-state index is -4.59. The zero-order valence-corrected chi connectivity index (χ0v) is 15.9. The number of ether oxygens (including phenoxy) is 2. The molecule has 0 aliphatic carbocycles. The molecule has 2 rings (SSSR count). The van der Waals surface area contributed by atoms with Gasteiger partial charge in [-0.2, -0.15) is 13.2 Å². The molecular weight excluding hydrogens is 401 g/mol. The number of pyridine rings is 1. The number of hydrogen-bond donors (Lipinski definition) is 1. The number of hydrogen-bond acceptors (Lipinski definition) is 4. The van der Waals surface area contributed by atoms with E-state index in [4.69, 9.17) is 15.2 Å². The van der Waals surface area contributed by atoms with E-state index in [1.165, 1.54) is 6.07 Å². The minimum Gasteiger partial charge on any atom is -0.487 e. The summed E-state index contributed by atoms with van der Waals surface area (Å²) in [6, 6.07) is 3.63. The van der Waals surface area contributed by atoms with Crippen LogP contribution in [-0.2, 0) is 6.18 Å². The number of nitrogens with two attached hydrogens (primary N) is 1. The van der Waals surface area contributed by atoms with Gasteiger partial charge in [0.1, 0.15) is 11.9 Å². The van der Waals surface area contributed by atoms with Crippen LogP contribution in [-0.4, -0.2) is 23.2 Å². The lowest BCUT2D eigenvalue weighted by atomic mass is 10.1. The molecule has 0 aliphatic heterocycles. The van der Waals surface area contributed by atoms with E-state index in [0.29, 0.717) is 4.47 Å². The van der Waals surface area contributed by atoms with Gasteiger partial charge >= 0.3 is 6.18 Å². The summed E-state index contributed by atoms with van der Waals surface area (Å²) in [5.74, 6) is -0.0124. The number of fused-ring (bicyclic) bond motifs is 1. The number of halogens is 4. The highest BCUT2D eigenvalue weighted by Crippen LogP contribution is 2.43. The van der Waals surface area contributed by atoms with Gasteiger partial charge in [-0.05, 0) is 55.8 Å². The molecule has 1 heterocycles. The average molecular weight is 421 g/mol. The minimum absolute atomic E-state index is 0.0678. The standard InChI is InChI=1S/C17H20BrF3N2O2/c1-8(2)24-14-7-11(17(19,20)21)15-13(23-14)6-5-12(18)16(15)25-10(4)9(3)22/h5-10H,22H2,1-4H3/t9-,10+/m1/s1. The van der Waals surface area contributed by atoms with E-state index in [0.717, 1.165) is 6.07 Å². The van der Waals surface area contributed by atoms with E-state index in [2.05, 4.69) is 20.9 Å². The summed E-state index contributed by atoms with van der Waals surface area (Å²) in [4.78, 5) is 4.19. The fourth-order valence-corrected chi connectivity index (χ4v) is 2.60. The van der Waals surface area contributed by atoms with Gasteiger partial charge in [-0.1, -0.05) is 0 Å². The largest absolute Gasteiger partial charge is 0.487 e. The monoisotopic (exact) mass is 420 g/mol. The highest BCUT2D eigenvalue weighted by molar-refractivity contribution is 9.10. The molecule has 2 N–H and O–H groups in total. The third-order valence-electron chi connectivity index (χ3n) is 3.56. The molecule has 25 heavy (non-hydrogen) atoms. The maximum Gasteiger partial charge on any atom is 0.417 e. The normalized spacial score (nSPS) is 14.6. The number of benzene rings is 1. The second-order valence-electron chi connectivity index (χ2n) is 6.13. The number of nitrogens with zero attached hydrogens (tertiary/aromatic N) is 1. The molecule has 0 spiro atoms. The van der Waals surface area contributed by atoms with Crippen molar-refractivity contribution in [2.24, 2.45) is 5.73 Å². The van der Waals surface area contributed by atoms with Crippen molar-refractivity contribution >= 4 is 26.8 Å². The molecular formula is C17H20BrF3N2O2. The van der Waals surface area contributed by atoms with Crippen LogP contribution in [0.4, 0.5) is 13.2 Å². The summed E-state index contributed by atoms with van der Waals surface area (Å²) in [7, 11) is 0. The van der Waals surface area contributed by atoms with Crippen molar-refractivity contribution in [3.8, 4) is 11.6 Å². The number of aromatic nitrogens is 1. The number of alkyl halides is 3. The molecule has 0 unspecified atom stereocenters. The van der Waals surface area contributed by atoms with Gasteiger partial charge < -0.3 is 15.2 Å². The van der Waals surface area contributed by atoms with Gasteiger partial charge in [-0.3, -0.25) is 0 Å². The molecule has 2 aromatic rings. The average Bonchev–Trinajstić information content (AvgIpc) is 2.47. The summed E-state index contributed by atoms with van der Waals surface area (Å²) in [5.41, 5.74) is 5.06. The zero-order chi connectivity index (χ0) is 18.9. The molecule has 0 fully saturated rings. The van der Waals surface area contributed by atoms with E-state index in [-0.39, 0.29) is 34.7 Å². The van der Waals surface area contributed by atoms with Crippen LogP contribution in [0.5, 0.6) is 11.6 Å². The second kappa shape index (κ2) is 7.37. The fourth-order valence-electron chi connectivity index (χ4n) is 2.18. The van der Waals surface area contributed by atoms with Crippen molar-refractivity contribution in [2.45, 2.75) is 52.1 Å². The third kappa shape index (κ3) is 4.55. The van der Waals surface area contributed by atoms with E-state index in [1.807, 2.05) is 0 Å². The predicted octanol–water partition coefficient (Wildman–Crippen LogP) is 4.92. The van der Waals surface area contributed by atoms with Crippen LogP contribution in [0.2, 0.25) is 0 Å². The Labute approximate surface area is 152 Å². The van der Waals surface area contributed by atoms with Crippen LogP contribution in [0.1, 0.15) is 33.3 Å². The van der Waals surface area contributed by atoms with Crippen molar-refractivity contribution in [1.82, 2.24) is 4.98 Å². The van der Waals surface area contributed by atoms with Crippen LogP contribution in [0.3, 0.4) is 0 Å². The van der Waals surface area contributed by atoms with Gasteiger partial charge in [0.15, 0.2) is 0 Å². The van der Waals surface area contributed by atoms with Gasteiger partial charge in [0, 0.05) is 12.1 Å². The van der Waals surface area contributed by atoms with Crippen molar-refractivity contribution in [3.05, 3.63) is 28.2 Å². The summed E-state index contributed by atoms with van der Waals surface area (Å²) in [5, 5.41) is -0.120. The second-order valence-corrected chi connectivity index (χ2v) is 6.98. The topological polar surface area (TPSA) is 57.4 Å². The first-order chi connectivity index (χ1) is 11.5. The van der Waals surface area contributed by atoms with Crippen LogP contribution in [0.25, 0.3) is 10.9 Å². The maximum atomic E-state index is 13.7. The molecule has 1 aromatic carbocycles. The molecule has 0 saturated carbocycles. The van der Waals surface area contributed by atoms with E-state index < -0.39 is 17.8 Å². The lowest BCUT2D eigenvalue weighted by Crippen LogP contribution is -2.33. The quantitative estimate of drug-likeness (QED) is 0.745. The van der Waals surface area contributed by atoms with Gasteiger partial charge in [-0.15, -0.1) is 0 Å². The molecule has 138 valence electrons. The Morgan fingerprint density at radius 2 is 1.76 bits per heavy atom. The molecule has 2 atom stereocenters. The van der Waals surface area contributed by atoms with Crippen molar-refractivity contribution in [2.75, 3.05) is 0 Å². The Morgan fingerprint density at radius 3 is 2.28 bits per heavy atom. The van der Waals surface area contributed by atoms with E-state index >= 15 is 0 Å². The predicted molar refractivity (Wildman–Crippen MR) is 93.9 cm³/mol. The highest BCUT2D eigenvalue weighted by Gasteiger charge is 2.36. The molecule has 0 radical (unpaired) electrons. The van der Waals surface area contributed by atoms with E-state index in [1.54, 1.807) is 33.8 Å². The van der Waals surface area contributed by atoms with Crippen LogP contribution < -0.4 is 15.2 Å². The number of rotatable bonds is 5. The summed E-state index contributed by atoms with van der Waals surface area (Å²) >= 11 is 3.26. The highest BCUT2D eigenvalue weighted by atomic mass is 79.9. The molecule has 1 aromatic heterocycles. The molecule has 0 bridgehead atoms. The van der Waals surface area contributed by atoms with Crippen molar-refractivity contribution in [3.63, 3.8) is 0 Å². The molecule has 0 aliphatic rings. The molecule has 4 nitrogen and oxygen atoms in total. The lowest BCUT2D eigenvalue weighted by molar-refractivity contribution is -0.136. The van der Waals surface area contributed by atoms with Gasteiger partial charge in [0.05, 0.1) is 27.0 Å². The van der Waals surface area contributed by atoms with Crippen molar-refractivity contribution < 1.29 is 22.6 Å². The van der Waals surface area contributed by atoms with E-state index in [9.17, 15) is 13.2 Å². The van der Waals surface area contributed by atoms with Gasteiger partial charge in [0.2, 0.25) is 5.88 Å². The Bertz CT molecular complexity index is 764. The Hall–Kier alpha value is -1.54. The first kappa shape index (κ1) is 19.8.